The van der Waals surface area contributed by atoms with E-state index in [1.54, 1.807) is 6.33 Å². The van der Waals surface area contributed by atoms with Gasteiger partial charge in [0.1, 0.15) is 17.8 Å². The van der Waals surface area contributed by atoms with Crippen molar-refractivity contribution in [1.29, 1.82) is 0 Å². The molecule has 2 fully saturated rings. The summed E-state index contributed by atoms with van der Waals surface area (Å²) in [5, 5.41) is 3.99. The third-order valence-electron chi connectivity index (χ3n) is 7.30. The number of amides is 3. The molecular formula is C30H37N5O4. The second-order valence-corrected chi connectivity index (χ2v) is 10.5. The van der Waals surface area contributed by atoms with Gasteiger partial charge in [0, 0.05) is 49.6 Å². The highest BCUT2D eigenvalue weighted by atomic mass is 16.5. The molecule has 0 atom stereocenters. The summed E-state index contributed by atoms with van der Waals surface area (Å²) in [7, 11) is 0. The van der Waals surface area contributed by atoms with Crippen LogP contribution in [-0.2, 0) is 4.79 Å². The monoisotopic (exact) mass is 531 g/mol. The lowest BCUT2D eigenvalue weighted by Gasteiger charge is -2.32. The van der Waals surface area contributed by atoms with E-state index in [1.807, 2.05) is 66.1 Å². The predicted molar refractivity (Wildman–Crippen MR) is 150 cm³/mol. The first-order valence-electron chi connectivity index (χ1n) is 13.9. The van der Waals surface area contributed by atoms with Crippen LogP contribution in [0, 0.1) is 0 Å². The predicted octanol–water partition coefficient (Wildman–Crippen LogP) is 5.22. The van der Waals surface area contributed by atoms with E-state index in [2.05, 4.69) is 15.3 Å². The number of likely N-dealkylation sites (tertiary alicyclic amines) is 2. The fraction of sp³-hybridized carbons (Fsp3) is 0.467. The number of aromatic nitrogens is 2. The molecular weight excluding hydrogens is 494 g/mol. The molecule has 0 radical (unpaired) electrons. The summed E-state index contributed by atoms with van der Waals surface area (Å²) in [5.41, 5.74) is 2.65. The molecule has 5 rings (SSSR count). The molecule has 3 heterocycles. The lowest BCUT2D eigenvalue weighted by atomic mass is 9.91. The molecule has 3 aromatic rings. The number of carbonyl (C=O) groups excluding carboxylic acids is 2. The largest absolute Gasteiger partial charge is 0.494 e. The summed E-state index contributed by atoms with van der Waals surface area (Å²) in [4.78, 5) is 37.6. The van der Waals surface area contributed by atoms with Crippen LogP contribution in [0.1, 0.15) is 57.6 Å². The van der Waals surface area contributed by atoms with Crippen molar-refractivity contribution in [2.45, 2.75) is 58.0 Å². The average Bonchev–Trinajstić information content (AvgIpc) is 3.36. The summed E-state index contributed by atoms with van der Waals surface area (Å²) in [6, 6.07) is 13.3. The average molecular weight is 532 g/mol. The minimum absolute atomic E-state index is 0.0927. The van der Waals surface area contributed by atoms with Crippen molar-refractivity contribution in [3.8, 4) is 11.5 Å². The van der Waals surface area contributed by atoms with Crippen LogP contribution in [0.4, 0.5) is 10.5 Å². The highest BCUT2D eigenvalue weighted by Gasteiger charge is 2.26. The fourth-order valence-electron chi connectivity index (χ4n) is 5.30. The van der Waals surface area contributed by atoms with Gasteiger partial charge >= 0.3 is 6.03 Å². The van der Waals surface area contributed by atoms with Gasteiger partial charge in [-0.3, -0.25) is 4.79 Å². The number of benzene rings is 2. The SMILES string of the molecule is CC(C)Oc1ccc(NC(=O)N2CCC(c3ncnc4ccc(OCCCN5CCCC5=O)cc34)CC2)cc1. The van der Waals surface area contributed by atoms with E-state index in [4.69, 9.17) is 9.47 Å². The Labute approximate surface area is 229 Å². The number of piperidine rings is 1. The molecule has 206 valence electrons. The van der Waals surface area contributed by atoms with E-state index < -0.39 is 0 Å². The second kappa shape index (κ2) is 12.3. The Morgan fingerprint density at radius 2 is 1.82 bits per heavy atom. The molecule has 0 aliphatic carbocycles. The van der Waals surface area contributed by atoms with Gasteiger partial charge in [-0.15, -0.1) is 0 Å². The second-order valence-electron chi connectivity index (χ2n) is 10.5. The third-order valence-corrected chi connectivity index (χ3v) is 7.30. The Balaban J connectivity index is 1.15. The van der Waals surface area contributed by atoms with Crippen molar-refractivity contribution in [1.82, 2.24) is 19.8 Å². The van der Waals surface area contributed by atoms with Gasteiger partial charge in [0.05, 0.1) is 23.9 Å². The lowest BCUT2D eigenvalue weighted by Crippen LogP contribution is -2.40. The van der Waals surface area contributed by atoms with E-state index in [0.717, 1.165) is 72.6 Å². The van der Waals surface area contributed by atoms with Gasteiger partial charge in [0.25, 0.3) is 0 Å². The smallest absolute Gasteiger partial charge is 0.321 e. The number of anilines is 1. The van der Waals surface area contributed by atoms with Crippen LogP contribution in [-0.4, -0.2) is 70.6 Å². The van der Waals surface area contributed by atoms with Crippen LogP contribution >= 0.6 is 0 Å². The first kappa shape index (κ1) is 26.7. The molecule has 2 saturated heterocycles. The fourth-order valence-corrected chi connectivity index (χ4v) is 5.30. The zero-order valence-corrected chi connectivity index (χ0v) is 22.8. The van der Waals surface area contributed by atoms with Gasteiger partial charge in [-0.1, -0.05) is 0 Å². The molecule has 39 heavy (non-hydrogen) atoms. The van der Waals surface area contributed by atoms with Crippen molar-refractivity contribution in [3.05, 3.63) is 54.5 Å². The number of carbonyl (C=O) groups is 2. The van der Waals surface area contributed by atoms with Gasteiger partial charge in [-0.05, 0) is 82.0 Å². The zero-order valence-electron chi connectivity index (χ0n) is 22.8. The summed E-state index contributed by atoms with van der Waals surface area (Å²) in [6.45, 7) is 7.43. The number of fused-ring (bicyclic) bond motifs is 1. The van der Waals surface area contributed by atoms with Crippen LogP contribution in [0.25, 0.3) is 10.9 Å². The summed E-state index contributed by atoms with van der Waals surface area (Å²) in [5.74, 6) is 2.06. The van der Waals surface area contributed by atoms with E-state index in [0.29, 0.717) is 26.1 Å². The van der Waals surface area contributed by atoms with Crippen LogP contribution in [0.2, 0.25) is 0 Å². The van der Waals surface area contributed by atoms with E-state index >= 15 is 0 Å². The number of nitrogens with one attached hydrogen (secondary N) is 1. The highest BCUT2D eigenvalue weighted by Crippen LogP contribution is 2.33. The molecule has 0 unspecified atom stereocenters. The van der Waals surface area contributed by atoms with Gasteiger partial charge in [0.15, 0.2) is 0 Å². The first-order chi connectivity index (χ1) is 19.0. The van der Waals surface area contributed by atoms with Gasteiger partial charge in [-0.25, -0.2) is 14.8 Å². The number of rotatable bonds is 9. The summed E-state index contributed by atoms with van der Waals surface area (Å²) < 4.78 is 11.7. The number of hydrogen-bond donors (Lipinski definition) is 1. The molecule has 9 nitrogen and oxygen atoms in total. The quantitative estimate of drug-likeness (QED) is 0.380. The van der Waals surface area contributed by atoms with Crippen molar-refractivity contribution < 1.29 is 19.1 Å². The van der Waals surface area contributed by atoms with Crippen molar-refractivity contribution >= 4 is 28.5 Å². The van der Waals surface area contributed by atoms with E-state index in [9.17, 15) is 9.59 Å². The molecule has 9 heteroatoms. The minimum atomic E-state index is -0.0927. The van der Waals surface area contributed by atoms with Crippen LogP contribution in [0.3, 0.4) is 0 Å². The molecule has 2 aliphatic heterocycles. The maximum atomic E-state index is 12.9. The first-order valence-corrected chi connectivity index (χ1v) is 13.9. The Morgan fingerprint density at radius 3 is 2.54 bits per heavy atom. The van der Waals surface area contributed by atoms with E-state index in [-0.39, 0.29) is 24.0 Å². The van der Waals surface area contributed by atoms with E-state index in [1.165, 1.54) is 0 Å². The third kappa shape index (κ3) is 6.77. The normalized spacial score (nSPS) is 16.2. The molecule has 1 N–H and O–H groups in total. The van der Waals surface area contributed by atoms with Gasteiger partial charge in [0.2, 0.25) is 5.91 Å². The Bertz CT molecular complexity index is 1290. The topological polar surface area (TPSA) is 96.9 Å². The lowest BCUT2D eigenvalue weighted by molar-refractivity contribution is -0.127. The van der Waals surface area contributed by atoms with Gasteiger partial charge < -0.3 is 24.6 Å². The van der Waals surface area contributed by atoms with Crippen LogP contribution in [0.15, 0.2) is 48.8 Å². The van der Waals surface area contributed by atoms with Crippen molar-refractivity contribution in [3.63, 3.8) is 0 Å². The molecule has 0 bridgehead atoms. The van der Waals surface area contributed by atoms with Crippen molar-refractivity contribution in [2.75, 3.05) is 38.1 Å². The molecule has 0 spiro atoms. The molecule has 2 aromatic carbocycles. The zero-order chi connectivity index (χ0) is 27.2. The van der Waals surface area contributed by atoms with Gasteiger partial charge in [-0.2, -0.15) is 0 Å². The number of urea groups is 1. The Morgan fingerprint density at radius 1 is 1.05 bits per heavy atom. The highest BCUT2D eigenvalue weighted by molar-refractivity contribution is 5.89. The maximum absolute atomic E-state index is 12.9. The Kier molecular flexibility index (Phi) is 8.44. The Hall–Kier alpha value is -3.88. The number of nitrogens with zero attached hydrogens (tertiary/aromatic N) is 4. The standard InChI is InChI=1S/C30H37N5O4/c1-21(2)39-24-8-6-23(7-9-24)33-30(37)35-16-12-22(13-17-35)29-26-19-25(10-11-27(26)31-20-32-29)38-18-4-15-34-14-3-5-28(34)36/h6-11,19-22H,3-5,12-18H2,1-2H3,(H,33,37). The summed E-state index contributed by atoms with van der Waals surface area (Å²) >= 11 is 0. The maximum Gasteiger partial charge on any atom is 0.321 e. The minimum Gasteiger partial charge on any atom is -0.494 e. The molecule has 0 saturated carbocycles. The molecule has 3 amide bonds. The van der Waals surface area contributed by atoms with Crippen LogP contribution in [0.5, 0.6) is 11.5 Å². The number of ether oxygens (including phenoxy) is 2. The summed E-state index contributed by atoms with van der Waals surface area (Å²) in [6.07, 6.45) is 5.81. The molecule has 2 aliphatic rings. The number of hydrogen-bond acceptors (Lipinski definition) is 6. The molecule has 1 aromatic heterocycles. The van der Waals surface area contributed by atoms with Crippen LogP contribution < -0.4 is 14.8 Å². The van der Waals surface area contributed by atoms with Crippen molar-refractivity contribution in [2.24, 2.45) is 0 Å².